The van der Waals surface area contributed by atoms with Gasteiger partial charge in [0.05, 0.1) is 9.77 Å². The van der Waals surface area contributed by atoms with Crippen LogP contribution in [0, 0.1) is 6.92 Å². The first kappa shape index (κ1) is 17.4. The van der Waals surface area contributed by atoms with E-state index in [1.54, 1.807) is 20.0 Å². The third kappa shape index (κ3) is 3.32. The molecule has 1 saturated carbocycles. The summed E-state index contributed by atoms with van der Waals surface area (Å²) in [5, 5.41) is 4.01. The fourth-order valence-electron chi connectivity index (χ4n) is 2.76. The van der Waals surface area contributed by atoms with E-state index in [1.165, 1.54) is 15.6 Å². The van der Waals surface area contributed by atoms with Gasteiger partial charge in [-0.15, -0.1) is 11.3 Å². The maximum Gasteiger partial charge on any atom is 0.244 e. The second-order valence-corrected chi connectivity index (χ2v) is 9.78. The predicted octanol–water partition coefficient (Wildman–Crippen LogP) is 3.80. The van der Waals surface area contributed by atoms with Crippen molar-refractivity contribution in [3.05, 3.63) is 52.7 Å². The highest BCUT2D eigenvalue weighted by atomic mass is 32.2. The Labute approximate surface area is 156 Å². The van der Waals surface area contributed by atoms with E-state index in [0.29, 0.717) is 34.0 Å². The van der Waals surface area contributed by atoms with Crippen LogP contribution in [0.2, 0.25) is 0 Å². The zero-order valence-corrected chi connectivity index (χ0v) is 16.2. The summed E-state index contributed by atoms with van der Waals surface area (Å²) in [6.07, 6.45) is 2.16. The van der Waals surface area contributed by atoms with Crippen LogP contribution in [0.3, 0.4) is 0 Å². The topological polar surface area (TPSA) is 76.3 Å². The zero-order chi connectivity index (χ0) is 18.3. The molecule has 6 nitrogen and oxygen atoms in total. The van der Waals surface area contributed by atoms with Crippen LogP contribution in [0.4, 0.5) is 0 Å². The molecule has 8 heteroatoms. The number of hydrogen-bond donors (Lipinski definition) is 0. The third-order valence-electron chi connectivity index (χ3n) is 4.40. The number of aryl methyl sites for hydroxylation is 1. The van der Waals surface area contributed by atoms with Gasteiger partial charge in [0.25, 0.3) is 0 Å². The average Bonchev–Trinajstić information content (AvgIpc) is 3.21. The summed E-state index contributed by atoms with van der Waals surface area (Å²) in [7, 11) is -2.00. The molecular weight excluding hydrogens is 370 g/mol. The Morgan fingerprint density at radius 2 is 2.00 bits per heavy atom. The maximum atomic E-state index is 13.0. The number of rotatable bonds is 6. The summed E-state index contributed by atoms with van der Waals surface area (Å²) in [4.78, 5) is 6.15. The lowest BCUT2D eigenvalue weighted by molar-refractivity contribution is 0.380. The molecule has 0 aliphatic heterocycles. The molecule has 0 saturated heterocycles. The first-order valence-electron chi connectivity index (χ1n) is 8.40. The Balaban J connectivity index is 1.60. The highest BCUT2D eigenvalue weighted by Gasteiger charge is 2.31. The lowest BCUT2D eigenvalue weighted by Crippen LogP contribution is -2.26. The minimum absolute atomic E-state index is 0.300. The largest absolute Gasteiger partial charge is 0.339 e. The molecule has 2 aromatic heterocycles. The lowest BCUT2D eigenvalue weighted by atomic mass is 10.2. The molecular formula is C18H19N3O3S2. The molecule has 136 valence electrons. The quantitative estimate of drug-likeness (QED) is 0.641. The Morgan fingerprint density at radius 1 is 1.27 bits per heavy atom. The molecule has 0 N–H and O–H groups in total. The van der Waals surface area contributed by atoms with Crippen molar-refractivity contribution < 1.29 is 12.9 Å². The predicted molar refractivity (Wildman–Crippen MR) is 99.4 cm³/mol. The van der Waals surface area contributed by atoms with Gasteiger partial charge in [0, 0.05) is 24.4 Å². The van der Waals surface area contributed by atoms with E-state index in [9.17, 15) is 8.42 Å². The van der Waals surface area contributed by atoms with Crippen molar-refractivity contribution in [1.82, 2.24) is 14.4 Å². The first-order valence-corrected chi connectivity index (χ1v) is 10.7. The molecule has 1 aromatic carbocycles. The third-order valence-corrected chi connectivity index (χ3v) is 7.50. The molecule has 0 atom stereocenters. The van der Waals surface area contributed by atoms with Crippen molar-refractivity contribution >= 4 is 21.4 Å². The van der Waals surface area contributed by atoms with Crippen LogP contribution in [0.1, 0.15) is 35.1 Å². The molecule has 0 unspecified atom stereocenters. The Hall–Kier alpha value is -2.03. The second kappa shape index (κ2) is 6.61. The standard InChI is InChI=1S/C18H19N3O3S2/c1-12-16(26(22,23)21(2)11-13-6-4-3-5-7-13)10-15(25-12)17-19-18(24-20-17)14-8-9-14/h3-7,10,14H,8-9,11H2,1-2H3. The summed E-state index contributed by atoms with van der Waals surface area (Å²) in [6, 6.07) is 11.2. The number of sulfonamides is 1. The minimum atomic E-state index is -3.59. The van der Waals surface area contributed by atoms with E-state index in [0.717, 1.165) is 23.3 Å². The summed E-state index contributed by atoms with van der Waals surface area (Å²) in [6.45, 7) is 2.13. The molecule has 3 aromatic rings. The maximum absolute atomic E-state index is 13.0. The van der Waals surface area contributed by atoms with E-state index in [-0.39, 0.29) is 0 Å². The van der Waals surface area contributed by atoms with Crippen molar-refractivity contribution in [1.29, 1.82) is 0 Å². The molecule has 26 heavy (non-hydrogen) atoms. The van der Waals surface area contributed by atoms with E-state index in [4.69, 9.17) is 4.52 Å². The van der Waals surface area contributed by atoms with Crippen LogP contribution in [0.15, 0.2) is 45.8 Å². The Morgan fingerprint density at radius 3 is 2.69 bits per heavy atom. The van der Waals surface area contributed by atoms with E-state index >= 15 is 0 Å². The summed E-state index contributed by atoms with van der Waals surface area (Å²) in [5.41, 5.74) is 0.943. The minimum Gasteiger partial charge on any atom is -0.339 e. The normalized spacial score (nSPS) is 14.9. The van der Waals surface area contributed by atoms with Crippen molar-refractivity contribution in [3.63, 3.8) is 0 Å². The molecule has 1 aliphatic carbocycles. The van der Waals surface area contributed by atoms with Crippen molar-refractivity contribution in [3.8, 4) is 10.7 Å². The molecule has 0 bridgehead atoms. The van der Waals surface area contributed by atoms with Gasteiger partial charge in [-0.05, 0) is 31.4 Å². The van der Waals surface area contributed by atoms with Crippen molar-refractivity contribution in [2.75, 3.05) is 7.05 Å². The van der Waals surface area contributed by atoms with E-state index < -0.39 is 10.0 Å². The molecule has 4 rings (SSSR count). The number of benzene rings is 1. The SMILES string of the molecule is Cc1sc(-c2noc(C3CC3)n2)cc1S(=O)(=O)N(C)Cc1ccccc1. The molecule has 1 aliphatic rings. The van der Waals surface area contributed by atoms with Gasteiger partial charge < -0.3 is 4.52 Å². The highest BCUT2D eigenvalue weighted by Crippen LogP contribution is 2.40. The van der Waals surface area contributed by atoms with Crippen molar-refractivity contribution in [2.45, 2.75) is 37.1 Å². The Bertz CT molecular complexity index is 1020. The van der Waals surface area contributed by atoms with Gasteiger partial charge in [0.2, 0.25) is 21.7 Å². The molecule has 0 amide bonds. The highest BCUT2D eigenvalue weighted by molar-refractivity contribution is 7.89. The average molecular weight is 390 g/mol. The molecule has 1 fully saturated rings. The van der Waals surface area contributed by atoms with Crippen LogP contribution < -0.4 is 0 Å². The van der Waals surface area contributed by atoms with Gasteiger partial charge >= 0.3 is 0 Å². The van der Waals surface area contributed by atoms with E-state index in [2.05, 4.69) is 10.1 Å². The smallest absolute Gasteiger partial charge is 0.244 e. The number of hydrogen-bond acceptors (Lipinski definition) is 6. The van der Waals surface area contributed by atoms with E-state index in [1.807, 2.05) is 30.3 Å². The van der Waals surface area contributed by atoms with Crippen LogP contribution in [0.25, 0.3) is 10.7 Å². The van der Waals surface area contributed by atoms with Gasteiger partial charge in [-0.1, -0.05) is 35.5 Å². The van der Waals surface area contributed by atoms with Gasteiger partial charge in [-0.3, -0.25) is 0 Å². The molecule has 0 spiro atoms. The summed E-state index contributed by atoms with van der Waals surface area (Å²) >= 11 is 1.37. The van der Waals surface area contributed by atoms with Gasteiger partial charge in [-0.2, -0.15) is 9.29 Å². The van der Waals surface area contributed by atoms with Crippen LogP contribution in [0.5, 0.6) is 0 Å². The fraction of sp³-hybridized carbons (Fsp3) is 0.333. The summed E-state index contributed by atoms with van der Waals surface area (Å²) in [5.74, 6) is 1.49. The van der Waals surface area contributed by atoms with Crippen LogP contribution >= 0.6 is 11.3 Å². The lowest BCUT2D eigenvalue weighted by Gasteiger charge is -2.17. The number of nitrogens with zero attached hydrogens (tertiary/aromatic N) is 3. The zero-order valence-electron chi connectivity index (χ0n) is 14.5. The Kier molecular flexibility index (Phi) is 4.42. The first-order chi connectivity index (χ1) is 12.4. The van der Waals surface area contributed by atoms with Crippen LogP contribution in [-0.4, -0.2) is 29.9 Å². The van der Waals surface area contributed by atoms with Gasteiger partial charge in [0.1, 0.15) is 0 Å². The number of aromatic nitrogens is 2. The fourth-order valence-corrected chi connectivity index (χ4v) is 5.40. The summed E-state index contributed by atoms with van der Waals surface area (Å²) < 4.78 is 32.6. The van der Waals surface area contributed by atoms with Gasteiger partial charge in [-0.25, -0.2) is 8.42 Å². The van der Waals surface area contributed by atoms with Crippen LogP contribution in [-0.2, 0) is 16.6 Å². The second-order valence-electron chi connectivity index (χ2n) is 6.51. The van der Waals surface area contributed by atoms with Gasteiger partial charge in [0.15, 0.2) is 0 Å². The number of thiophene rings is 1. The monoisotopic (exact) mass is 389 g/mol. The molecule has 2 heterocycles. The van der Waals surface area contributed by atoms with Crippen molar-refractivity contribution in [2.24, 2.45) is 0 Å². The molecule has 0 radical (unpaired) electrons.